The molecule has 1 N–H and O–H groups in total. The second kappa shape index (κ2) is 5.83. The van der Waals surface area contributed by atoms with E-state index in [1.165, 1.54) is 0 Å². The molecule has 1 aromatic heterocycles. The highest BCUT2D eigenvalue weighted by Gasteiger charge is 2.24. The Morgan fingerprint density at radius 3 is 2.89 bits per heavy atom. The lowest BCUT2D eigenvalue weighted by Crippen LogP contribution is -2.41. The Balaban J connectivity index is 2.47. The van der Waals surface area contributed by atoms with E-state index < -0.39 is 11.5 Å². The molecular formula is C12H17FN4O2. The van der Waals surface area contributed by atoms with E-state index in [4.69, 9.17) is 4.74 Å². The van der Waals surface area contributed by atoms with E-state index in [1.807, 2.05) is 4.90 Å². The van der Waals surface area contributed by atoms with Gasteiger partial charge in [-0.25, -0.2) is 5.10 Å². The van der Waals surface area contributed by atoms with Crippen molar-refractivity contribution in [2.45, 2.75) is 0 Å². The molecule has 7 heteroatoms. The fraction of sp³-hybridized carbons (Fsp3) is 0.500. The minimum Gasteiger partial charge on any atom is -0.378 e. The lowest BCUT2D eigenvalue weighted by Gasteiger charge is -2.31. The second-order valence-electron chi connectivity index (χ2n) is 4.31. The summed E-state index contributed by atoms with van der Waals surface area (Å²) in [5.74, 6) is -0.689. The summed E-state index contributed by atoms with van der Waals surface area (Å²) in [5, 5.41) is 5.59. The minimum absolute atomic E-state index is 0.200. The Morgan fingerprint density at radius 2 is 2.26 bits per heavy atom. The number of aromatic nitrogens is 2. The molecule has 0 atom stereocenters. The molecule has 1 aromatic rings. The summed E-state index contributed by atoms with van der Waals surface area (Å²) in [6.45, 7) is 6.20. The van der Waals surface area contributed by atoms with Gasteiger partial charge in [-0.3, -0.25) is 4.79 Å². The summed E-state index contributed by atoms with van der Waals surface area (Å²) in [5.41, 5.74) is 0.111. The Morgan fingerprint density at radius 1 is 1.58 bits per heavy atom. The molecule has 1 aliphatic rings. The van der Waals surface area contributed by atoms with Gasteiger partial charge in [0, 0.05) is 26.7 Å². The Labute approximate surface area is 110 Å². The maximum absolute atomic E-state index is 13.9. The minimum atomic E-state index is -0.689. The van der Waals surface area contributed by atoms with E-state index in [1.54, 1.807) is 18.0 Å². The van der Waals surface area contributed by atoms with Gasteiger partial charge in [0.1, 0.15) is 11.4 Å². The zero-order valence-electron chi connectivity index (χ0n) is 10.9. The molecule has 1 aliphatic heterocycles. The average Bonchev–Trinajstić information content (AvgIpc) is 2.42. The number of ether oxygens (including phenoxy) is 1. The first-order valence-corrected chi connectivity index (χ1v) is 6.08. The molecule has 0 aliphatic carbocycles. The predicted molar refractivity (Wildman–Crippen MR) is 71.3 cm³/mol. The molecule has 2 heterocycles. The SMILES string of the molecule is C=CCN(C)c1c(F)n[nH]c(=O)c1N1CCOCC1. The molecule has 0 amide bonds. The van der Waals surface area contributed by atoms with Gasteiger partial charge in [-0.2, -0.15) is 4.39 Å². The normalized spacial score (nSPS) is 15.4. The molecule has 0 bridgehead atoms. The van der Waals surface area contributed by atoms with Crippen LogP contribution in [0.4, 0.5) is 15.8 Å². The van der Waals surface area contributed by atoms with Crippen LogP contribution >= 0.6 is 0 Å². The van der Waals surface area contributed by atoms with Crippen LogP contribution < -0.4 is 15.4 Å². The van der Waals surface area contributed by atoms with Crippen LogP contribution in [0.3, 0.4) is 0 Å². The first-order valence-electron chi connectivity index (χ1n) is 6.08. The summed E-state index contributed by atoms with van der Waals surface area (Å²) in [7, 11) is 1.70. The van der Waals surface area contributed by atoms with E-state index >= 15 is 0 Å². The number of hydrogen-bond donors (Lipinski definition) is 1. The van der Waals surface area contributed by atoms with Crippen molar-refractivity contribution in [3.63, 3.8) is 0 Å². The first-order chi connectivity index (χ1) is 9.15. The fourth-order valence-electron chi connectivity index (χ4n) is 2.11. The van der Waals surface area contributed by atoms with Crippen LogP contribution in [-0.2, 0) is 4.74 Å². The molecule has 6 nitrogen and oxygen atoms in total. The molecule has 0 radical (unpaired) electrons. The van der Waals surface area contributed by atoms with Crippen LogP contribution in [0.1, 0.15) is 0 Å². The van der Waals surface area contributed by atoms with Crippen molar-refractivity contribution in [2.75, 3.05) is 49.7 Å². The maximum Gasteiger partial charge on any atom is 0.290 e. The van der Waals surface area contributed by atoms with E-state index in [0.29, 0.717) is 38.5 Å². The van der Waals surface area contributed by atoms with Crippen molar-refractivity contribution >= 4 is 11.4 Å². The standard InChI is InChI=1S/C12H17FN4O2/c1-3-4-16(2)9-10(12(18)15-14-11(9)13)17-5-7-19-8-6-17/h3H,1,4-8H2,2H3,(H,15,18). The zero-order valence-corrected chi connectivity index (χ0v) is 10.9. The number of halogens is 1. The van der Waals surface area contributed by atoms with Crippen LogP contribution in [0.2, 0.25) is 0 Å². The number of hydrogen-bond acceptors (Lipinski definition) is 5. The molecule has 0 unspecified atom stereocenters. The number of likely N-dealkylation sites (N-methyl/N-ethyl adjacent to an activating group) is 1. The summed E-state index contributed by atoms with van der Waals surface area (Å²) >= 11 is 0. The monoisotopic (exact) mass is 268 g/mol. The van der Waals surface area contributed by atoms with E-state index in [0.717, 1.165) is 0 Å². The molecule has 0 spiro atoms. The fourth-order valence-corrected chi connectivity index (χ4v) is 2.11. The maximum atomic E-state index is 13.9. The largest absolute Gasteiger partial charge is 0.378 e. The Kier molecular flexibility index (Phi) is 4.16. The van der Waals surface area contributed by atoms with Gasteiger partial charge in [-0.1, -0.05) is 6.08 Å². The van der Waals surface area contributed by atoms with Gasteiger partial charge in [0.25, 0.3) is 11.5 Å². The van der Waals surface area contributed by atoms with Gasteiger partial charge in [-0.15, -0.1) is 11.7 Å². The van der Waals surface area contributed by atoms with Gasteiger partial charge in [0.15, 0.2) is 0 Å². The quantitative estimate of drug-likeness (QED) is 0.799. The van der Waals surface area contributed by atoms with Crippen molar-refractivity contribution in [1.29, 1.82) is 0 Å². The summed E-state index contributed by atoms with van der Waals surface area (Å²) in [4.78, 5) is 15.4. The molecule has 0 saturated carbocycles. The molecule has 0 aromatic carbocycles. The number of rotatable bonds is 4. The van der Waals surface area contributed by atoms with Crippen LogP contribution in [0.25, 0.3) is 0 Å². The van der Waals surface area contributed by atoms with Gasteiger partial charge >= 0.3 is 0 Å². The number of H-pyrrole nitrogens is 1. The van der Waals surface area contributed by atoms with E-state index in [2.05, 4.69) is 16.8 Å². The van der Waals surface area contributed by atoms with Crippen molar-refractivity contribution in [2.24, 2.45) is 0 Å². The summed E-state index contributed by atoms with van der Waals surface area (Å²) in [6.07, 6.45) is 1.64. The van der Waals surface area contributed by atoms with Crippen molar-refractivity contribution in [3.05, 3.63) is 29.0 Å². The highest BCUT2D eigenvalue weighted by Crippen LogP contribution is 2.27. The molecule has 104 valence electrons. The Bertz CT molecular complexity index is 511. The number of aromatic amines is 1. The van der Waals surface area contributed by atoms with Crippen molar-refractivity contribution in [1.82, 2.24) is 10.2 Å². The predicted octanol–water partition coefficient (Wildman–Crippen LogP) is 0.368. The zero-order chi connectivity index (χ0) is 13.8. The first kappa shape index (κ1) is 13.5. The smallest absolute Gasteiger partial charge is 0.290 e. The topological polar surface area (TPSA) is 61.5 Å². The number of nitrogens with one attached hydrogen (secondary N) is 1. The average molecular weight is 268 g/mol. The van der Waals surface area contributed by atoms with Crippen molar-refractivity contribution in [3.8, 4) is 0 Å². The van der Waals surface area contributed by atoms with Crippen molar-refractivity contribution < 1.29 is 9.13 Å². The van der Waals surface area contributed by atoms with Crippen LogP contribution in [0.15, 0.2) is 17.4 Å². The lowest BCUT2D eigenvalue weighted by atomic mass is 10.2. The van der Waals surface area contributed by atoms with E-state index in [9.17, 15) is 9.18 Å². The molecule has 2 rings (SSSR count). The highest BCUT2D eigenvalue weighted by atomic mass is 19.1. The molecule has 19 heavy (non-hydrogen) atoms. The molecule has 1 fully saturated rings. The third-order valence-electron chi connectivity index (χ3n) is 3.00. The second-order valence-corrected chi connectivity index (χ2v) is 4.31. The third kappa shape index (κ3) is 2.76. The highest BCUT2D eigenvalue weighted by molar-refractivity contribution is 5.69. The number of nitrogens with zero attached hydrogens (tertiary/aromatic N) is 3. The van der Waals surface area contributed by atoms with E-state index in [-0.39, 0.29) is 5.69 Å². The third-order valence-corrected chi connectivity index (χ3v) is 3.00. The summed E-state index contributed by atoms with van der Waals surface area (Å²) in [6, 6.07) is 0. The van der Waals surface area contributed by atoms with Crippen LogP contribution in [-0.4, -0.2) is 50.1 Å². The van der Waals surface area contributed by atoms with Crippen LogP contribution in [0.5, 0.6) is 0 Å². The van der Waals surface area contributed by atoms with Crippen LogP contribution in [0, 0.1) is 5.95 Å². The lowest BCUT2D eigenvalue weighted by molar-refractivity contribution is 0.122. The summed E-state index contributed by atoms with van der Waals surface area (Å²) < 4.78 is 19.2. The van der Waals surface area contributed by atoms with Gasteiger partial charge in [0.2, 0.25) is 0 Å². The van der Waals surface area contributed by atoms with Gasteiger partial charge < -0.3 is 14.5 Å². The van der Waals surface area contributed by atoms with Gasteiger partial charge in [0.05, 0.1) is 13.2 Å². The number of morpholine rings is 1. The molecular weight excluding hydrogens is 251 g/mol. The Hall–Kier alpha value is -1.89. The van der Waals surface area contributed by atoms with Gasteiger partial charge in [-0.05, 0) is 0 Å². The molecule has 1 saturated heterocycles. The number of anilines is 2.